The van der Waals surface area contributed by atoms with Gasteiger partial charge in [-0.25, -0.2) is 0 Å². The first-order valence-corrected chi connectivity index (χ1v) is 10.4. The van der Waals surface area contributed by atoms with Crippen LogP contribution >= 0.6 is 0 Å². The third-order valence-electron chi connectivity index (χ3n) is 9.69. The smallest absolute Gasteiger partial charge is 0.0318 e. The second-order valence-corrected chi connectivity index (χ2v) is 9.93. The molecule has 21 heavy (non-hydrogen) atoms. The molecule has 6 aliphatic rings. The van der Waals surface area contributed by atoms with Crippen LogP contribution in [0.2, 0.25) is 0 Å². The van der Waals surface area contributed by atoms with E-state index in [4.69, 9.17) is 0 Å². The molecule has 0 aromatic rings. The molecule has 116 valence electrons. The van der Waals surface area contributed by atoms with Crippen LogP contribution in [0.25, 0.3) is 0 Å². The van der Waals surface area contributed by atoms with Crippen molar-refractivity contribution in [3.63, 3.8) is 0 Å². The minimum atomic E-state index is 1.18. The number of fused-ring (bicyclic) bond motifs is 12. The van der Waals surface area contributed by atoms with Crippen molar-refractivity contribution in [3.8, 4) is 0 Å². The monoisotopic (exact) mass is 284 g/mol. The maximum atomic E-state index is 1.68. The number of hydrogen-bond acceptors (Lipinski definition) is 0. The molecule has 6 fully saturated rings. The summed E-state index contributed by atoms with van der Waals surface area (Å²) in [5, 5.41) is 0. The van der Waals surface area contributed by atoms with Gasteiger partial charge in [0.15, 0.2) is 0 Å². The number of hydrogen-bond donors (Lipinski definition) is 0. The highest BCUT2D eigenvalue weighted by molar-refractivity contribution is 5.13. The highest BCUT2D eigenvalue weighted by Crippen LogP contribution is 2.72. The van der Waals surface area contributed by atoms with E-state index in [1.54, 1.807) is 70.6 Å². The second kappa shape index (κ2) is 4.30. The summed E-state index contributed by atoms with van der Waals surface area (Å²) in [7, 11) is 0. The topological polar surface area (TPSA) is 0 Å². The van der Waals surface area contributed by atoms with Crippen molar-refractivity contribution in [1.29, 1.82) is 0 Å². The van der Waals surface area contributed by atoms with E-state index in [0.717, 1.165) is 0 Å². The van der Waals surface area contributed by atoms with E-state index < -0.39 is 0 Å². The minimum absolute atomic E-state index is 1.18. The molecule has 0 aromatic heterocycles. The molecule has 10 unspecified atom stereocenters. The van der Waals surface area contributed by atoms with E-state index in [1.165, 1.54) is 59.2 Å². The van der Waals surface area contributed by atoms with Gasteiger partial charge < -0.3 is 0 Å². The third-order valence-corrected chi connectivity index (χ3v) is 9.69. The van der Waals surface area contributed by atoms with Crippen molar-refractivity contribution >= 4 is 0 Å². The standard InChI is InChI=1S/C21H32/c1-2-5-16-12(4-1)11-18-20(16)17-7-3-6-15-13-8-9-14(10-13)19(15)21(17)18/h12-21H,1-11H2. The molecule has 0 amide bonds. The van der Waals surface area contributed by atoms with Gasteiger partial charge in [0.05, 0.1) is 0 Å². The van der Waals surface area contributed by atoms with Crippen molar-refractivity contribution in [3.05, 3.63) is 0 Å². The van der Waals surface area contributed by atoms with E-state index >= 15 is 0 Å². The molecule has 0 saturated heterocycles. The van der Waals surface area contributed by atoms with Gasteiger partial charge in [-0.05, 0) is 104 Å². The van der Waals surface area contributed by atoms with Gasteiger partial charge in [-0.15, -0.1) is 0 Å². The molecule has 6 rings (SSSR count). The van der Waals surface area contributed by atoms with E-state index in [0.29, 0.717) is 0 Å². The van der Waals surface area contributed by atoms with Gasteiger partial charge in [0.1, 0.15) is 0 Å². The molecule has 0 aromatic carbocycles. The average molecular weight is 284 g/mol. The van der Waals surface area contributed by atoms with Crippen LogP contribution in [0, 0.1) is 59.2 Å². The zero-order valence-electron chi connectivity index (χ0n) is 13.6. The fourth-order valence-corrected chi connectivity index (χ4v) is 9.37. The average Bonchev–Trinajstić information content (AvgIpc) is 3.14. The van der Waals surface area contributed by atoms with Crippen LogP contribution in [-0.4, -0.2) is 0 Å². The molecule has 0 spiro atoms. The predicted octanol–water partition coefficient (Wildman–Crippen LogP) is 5.52. The van der Waals surface area contributed by atoms with Crippen LogP contribution < -0.4 is 0 Å². The second-order valence-electron chi connectivity index (χ2n) is 9.93. The molecule has 0 heterocycles. The normalized spacial score (nSPS) is 64.0. The van der Waals surface area contributed by atoms with Gasteiger partial charge in [0.25, 0.3) is 0 Å². The summed E-state index contributed by atoms with van der Waals surface area (Å²) in [6.45, 7) is 0. The summed E-state index contributed by atoms with van der Waals surface area (Å²) in [5.41, 5.74) is 0. The predicted molar refractivity (Wildman–Crippen MR) is 85.7 cm³/mol. The van der Waals surface area contributed by atoms with Gasteiger partial charge in [-0.1, -0.05) is 25.7 Å². The Morgan fingerprint density at radius 1 is 0.381 bits per heavy atom. The van der Waals surface area contributed by atoms with Gasteiger partial charge in [0.2, 0.25) is 0 Å². The lowest BCUT2D eigenvalue weighted by Crippen LogP contribution is -2.51. The summed E-state index contributed by atoms with van der Waals surface area (Å²) < 4.78 is 0. The molecular formula is C21H32. The Balaban J connectivity index is 1.33. The maximum absolute atomic E-state index is 1.68. The molecule has 0 aliphatic heterocycles. The summed E-state index contributed by atoms with van der Waals surface area (Å²) in [4.78, 5) is 0. The van der Waals surface area contributed by atoms with Crippen LogP contribution in [0.4, 0.5) is 0 Å². The molecule has 0 nitrogen and oxygen atoms in total. The van der Waals surface area contributed by atoms with Crippen molar-refractivity contribution in [2.75, 3.05) is 0 Å². The van der Waals surface area contributed by atoms with Crippen molar-refractivity contribution < 1.29 is 0 Å². The van der Waals surface area contributed by atoms with Crippen LogP contribution in [0.3, 0.4) is 0 Å². The Hall–Kier alpha value is 0. The van der Waals surface area contributed by atoms with E-state index in [1.807, 2.05) is 0 Å². The highest BCUT2D eigenvalue weighted by atomic mass is 14.7. The van der Waals surface area contributed by atoms with Gasteiger partial charge in [-0.2, -0.15) is 0 Å². The highest BCUT2D eigenvalue weighted by Gasteiger charge is 2.65. The van der Waals surface area contributed by atoms with Crippen molar-refractivity contribution in [2.45, 2.75) is 70.6 Å². The van der Waals surface area contributed by atoms with Gasteiger partial charge >= 0.3 is 0 Å². The zero-order valence-corrected chi connectivity index (χ0v) is 13.6. The zero-order chi connectivity index (χ0) is 13.6. The lowest BCUT2D eigenvalue weighted by molar-refractivity contribution is -0.0825. The fourth-order valence-electron chi connectivity index (χ4n) is 9.37. The first-order chi connectivity index (χ1) is 10.4. The summed E-state index contributed by atoms with van der Waals surface area (Å²) in [5.74, 6) is 12.0. The largest absolute Gasteiger partial charge is 0.0530 e. The molecule has 10 atom stereocenters. The quantitative estimate of drug-likeness (QED) is 0.549. The Labute approximate surface area is 130 Å². The molecule has 0 N–H and O–H groups in total. The Kier molecular flexibility index (Phi) is 2.54. The van der Waals surface area contributed by atoms with E-state index in [-0.39, 0.29) is 0 Å². The molecule has 0 radical (unpaired) electrons. The first-order valence-electron chi connectivity index (χ1n) is 10.4. The molecule has 0 heteroatoms. The fraction of sp³-hybridized carbons (Fsp3) is 1.00. The summed E-state index contributed by atoms with van der Waals surface area (Å²) in [6.07, 6.45) is 17.8. The van der Waals surface area contributed by atoms with Crippen molar-refractivity contribution in [1.82, 2.24) is 0 Å². The maximum Gasteiger partial charge on any atom is -0.0318 e. The van der Waals surface area contributed by atoms with Crippen LogP contribution in [0.1, 0.15) is 70.6 Å². The van der Waals surface area contributed by atoms with Crippen LogP contribution in [0.15, 0.2) is 0 Å². The summed E-state index contributed by atoms with van der Waals surface area (Å²) >= 11 is 0. The molecule has 6 aliphatic carbocycles. The Morgan fingerprint density at radius 3 is 2.10 bits per heavy atom. The lowest BCUT2D eigenvalue weighted by Gasteiger charge is -2.56. The van der Waals surface area contributed by atoms with Crippen molar-refractivity contribution in [2.24, 2.45) is 59.2 Å². The lowest BCUT2D eigenvalue weighted by atomic mass is 9.49. The van der Waals surface area contributed by atoms with Crippen LogP contribution in [0.5, 0.6) is 0 Å². The first kappa shape index (κ1) is 12.4. The minimum Gasteiger partial charge on any atom is -0.0530 e. The molecule has 2 bridgehead atoms. The van der Waals surface area contributed by atoms with Gasteiger partial charge in [0, 0.05) is 0 Å². The SMILES string of the molecule is C1CCC2C(C1)CC1C2C2CCCC3C4CCC(C4)C3C21. The third kappa shape index (κ3) is 1.49. The Morgan fingerprint density at radius 2 is 1.10 bits per heavy atom. The summed E-state index contributed by atoms with van der Waals surface area (Å²) in [6, 6.07) is 0. The van der Waals surface area contributed by atoms with Gasteiger partial charge in [-0.3, -0.25) is 0 Å². The van der Waals surface area contributed by atoms with Crippen LogP contribution in [-0.2, 0) is 0 Å². The molecule has 6 saturated carbocycles. The Bertz CT molecular complexity index is 439. The van der Waals surface area contributed by atoms with E-state index in [9.17, 15) is 0 Å². The number of rotatable bonds is 0. The van der Waals surface area contributed by atoms with E-state index in [2.05, 4.69) is 0 Å². The molecular weight excluding hydrogens is 252 g/mol.